The quantitative estimate of drug-likeness (QED) is 0.609. The number of para-hydroxylation sites is 1. The summed E-state index contributed by atoms with van der Waals surface area (Å²) in [4.78, 5) is 13.1. The standard InChI is InChI=1S/C22H21ClN2O2/c1-14(2)17-5-3-4-6-18(17)24-21(26)22(11-12-22)20-13-19(27-25-20)15-7-9-16(23)10-8-15/h3-10,13-14H,11-12H2,1-2H3,(H,24,26). The lowest BCUT2D eigenvalue weighted by Crippen LogP contribution is -2.28. The van der Waals surface area contributed by atoms with Gasteiger partial charge in [-0.15, -0.1) is 0 Å². The molecular weight excluding hydrogens is 360 g/mol. The molecule has 1 heterocycles. The van der Waals surface area contributed by atoms with Gasteiger partial charge in [-0.3, -0.25) is 4.79 Å². The molecule has 1 saturated carbocycles. The van der Waals surface area contributed by atoms with Crippen LogP contribution in [0.1, 0.15) is 43.9 Å². The summed E-state index contributed by atoms with van der Waals surface area (Å²) < 4.78 is 5.51. The van der Waals surface area contributed by atoms with E-state index < -0.39 is 5.41 Å². The molecule has 0 spiro atoms. The Labute approximate surface area is 163 Å². The van der Waals surface area contributed by atoms with Crippen molar-refractivity contribution in [2.24, 2.45) is 0 Å². The fraction of sp³-hybridized carbons (Fsp3) is 0.273. The molecule has 1 aliphatic carbocycles. The number of hydrogen-bond acceptors (Lipinski definition) is 3. The van der Waals surface area contributed by atoms with Crippen LogP contribution in [0.3, 0.4) is 0 Å². The first-order valence-electron chi connectivity index (χ1n) is 9.13. The van der Waals surface area contributed by atoms with E-state index in [4.69, 9.17) is 16.1 Å². The van der Waals surface area contributed by atoms with E-state index in [1.165, 1.54) is 0 Å². The third-order valence-electron chi connectivity index (χ3n) is 5.14. The molecular formula is C22H21ClN2O2. The Morgan fingerprint density at radius 2 is 1.85 bits per heavy atom. The minimum atomic E-state index is -0.599. The molecule has 4 nitrogen and oxygen atoms in total. The molecule has 2 aromatic carbocycles. The first-order chi connectivity index (χ1) is 13.0. The van der Waals surface area contributed by atoms with Crippen molar-refractivity contribution < 1.29 is 9.32 Å². The Morgan fingerprint density at radius 3 is 2.52 bits per heavy atom. The van der Waals surface area contributed by atoms with Crippen molar-refractivity contribution in [3.63, 3.8) is 0 Å². The molecule has 27 heavy (non-hydrogen) atoms. The molecule has 0 saturated heterocycles. The average molecular weight is 381 g/mol. The molecule has 0 bridgehead atoms. The van der Waals surface area contributed by atoms with Crippen LogP contribution in [-0.4, -0.2) is 11.1 Å². The highest BCUT2D eigenvalue weighted by Crippen LogP contribution is 2.49. The van der Waals surface area contributed by atoms with Gasteiger partial charge in [-0.25, -0.2) is 0 Å². The maximum absolute atomic E-state index is 13.1. The Kier molecular flexibility index (Phi) is 4.52. The summed E-state index contributed by atoms with van der Waals surface area (Å²) in [5.41, 5.74) is 2.97. The van der Waals surface area contributed by atoms with Gasteiger partial charge in [0.25, 0.3) is 0 Å². The van der Waals surface area contributed by atoms with Crippen LogP contribution in [0.4, 0.5) is 5.69 Å². The van der Waals surface area contributed by atoms with E-state index in [0.717, 1.165) is 29.7 Å². The molecule has 4 rings (SSSR count). The van der Waals surface area contributed by atoms with E-state index in [0.29, 0.717) is 22.4 Å². The van der Waals surface area contributed by atoms with Gasteiger partial charge in [0.2, 0.25) is 5.91 Å². The summed E-state index contributed by atoms with van der Waals surface area (Å²) in [6, 6.07) is 17.2. The molecule has 0 unspecified atom stereocenters. The number of halogens is 1. The molecule has 0 radical (unpaired) electrons. The van der Waals surface area contributed by atoms with Crippen LogP contribution in [-0.2, 0) is 10.2 Å². The number of nitrogens with zero attached hydrogens (tertiary/aromatic N) is 1. The smallest absolute Gasteiger partial charge is 0.236 e. The largest absolute Gasteiger partial charge is 0.356 e. The molecule has 1 N–H and O–H groups in total. The summed E-state index contributed by atoms with van der Waals surface area (Å²) in [5.74, 6) is 0.954. The zero-order valence-electron chi connectivity index (χ0n) is 15.3. The normalized spacial score (nSPS) is 15.0. The molecule has 138 valence electrons. The number of aromatic nitrogens is 1. The van der Waals surface area contributed by atoms with Gasteiger partial charge < -0.3 is 9.84 Å². The molecule has 1 aliphatic rings. The summed E-state index contributed by atoms with van der Waals surface area (Å²) in [6.07, 6.45) is 1.55. The van der Waals surface area contributed by atoms with E-state index >= 15 is 0 Å². The maximum atomic E-state index is 13.1. The summed E-state index contributed by atoms with van der Waals surface area (Å²) in [7, 11) is 0. The summed E-state index contributed by atoms with van der Waals surface area (Å²) in [5, 5.41) is 7.98. The van der Waals surface area contributed by atoms with Crippen LogP contribution < -0.4 is 5.32 Å². The second kappa shape index (κ2) is 6.86. The number of carbonyl (C=O) groups excluding carboxylic acids is 1. The first-order valence-corrected chi connectivity index (χ1v) is 9.51. The van der Waals surface area contributed by atoms with E-state index in [9.17, 15) is 4.79 Å². The Hall–Kier alpha value is -2.59. The van der Waals surface area contributed by atoms with Crippen LogP contribution in [0, 0.1) is 0 Å². The minimum absolute atomic E-state index is 0.0217. The highest BCUT2D eigenvalue weighted by atomic mass is 35.5. The third kappa shape index (κ3) is 3.37. The highest BCUT2D eigenvalue weighted by molar-refractivity contribution is 6.30. The second-order valence-electron chi connectivity index (χ2n) is 7.36. The van der Waals surface area contributed by atoms with Crippen molar-refractivity contribution in [3.8, 4) is 11.3 Å². The van der Waals surface area contributed by atoms with E-state index in [1.54, 1.807) is 0 Å². The monoisotopic (exact) mass is 380 g/mol. The van der Waals surface area contributed by atoms with Gasteiger partial charge in [0.1, 0.15) is 0 Å². The van der Waals surface area contributed by atoms with Crippen LogP contribution in [0.25, 0.3) is 11.3 Å². The predicted octanol–water partition coefficient (Wildman–Crippen LogP) is 5.79. The second-order valence-corrected chi connectivity index (χ2v) is 7.80. The van der Waals surface area contributed by atoms with Crippen LogP contribution in [0.2, 0.25) is 5.02 Å². The topological polar surface area (TPSA) is 55.1 Å². The lowest BCUT2D eigenvalue weighted by molar-refractivity contribution is -0.118. The minimum Gasteiger partial charge on any atom is -0.356 e. The number of hydrogen-bond donors (Lipinski definition) is 1. The lowest BCUT2D eigenvalue weighted by atomic mass is 9.98. The van der Waals surface area contributed by atoms with Crippen molar-refractivity contribution in [2.45, 2.75) is 38.0 Å². The molecule has 0 aliphatic heterocycles. The van der Waals surface area contributed by atoms with Gasteiger partial charge in [-0.05, 0) is 54.7 Å². The van der Waals surface area contributed by atoms with Crippen molar-refractivity contribution in [2.75, 3.05) is 5.32 Å². The number of anilines is 1. The Morgan fingerprint density at radius 1 is 1.15 bits per heavy atom. The number of rotatable bonds is 5. The molecule has 1 fully saturated rings. The SMILES string of the molecule is CC(C)c1ccccc1NC(=O)C1(c2cc(-c3ccc(Cl)cc3)on2)CC1. The molecule has 1 amide bonds. The highest BCUT2D eigenvalue weighted by Gasteiger charge is 2.54. The van der Waals surface area contributed by atoms with Crippen LogP contribution in [0.5, 0.6) is 0 Å². The molecule has 1 aromatic heterocycles. The van der Waals surface area contributed by atoms with Gasteiger partial charge in [0, 0.05) is 22.3 Å². The third-order valence-corrected chi connectivity index (χ3v) is 5.40. The fourth-order valence-electron chi connectivity index (χ4n) is 3.33. The van der Waals surface area contributed by atoms with Crippen molar-refractivity contribution in [1.82, 2.24) is 5.16 Å². The molecule has 5 heteroatoms. The number of carbonyl (C=O) groups is 1. The van der Waals surface area contributed by atoms with Crippen LogP contribution >= 0.6 is 11.6 Å². The number of nitrogens with one attached hydrogen (secondary N) is 1. The van der Waals surface area contributed by atoms with Gasteiger partial charge in [-0.1, -0.05) is 48.8 Å². The van der Waals surface area contributed by atoms with Gasteiger partial charge in [-0.2, -0.15) is 0 Å². The Bertz CT molecular complexity index is 972. The van der Waals surface area contributed by atoms with Gasteiger partial charge in [0.05, 0.1) is 11.1 Å². The molecule has 3 aromatic rings. The van der Waals surface area contributed by atoms with Gasteiger partial charge >= 0.3 is 0 Å². The van der Waals surface area contributed by atoms with E-state index in [2.05, 4.69) is 30.4 Å². The number of amides is 1. The summed E-state index contributed by atoms with van der Waals surface area (Å²) in [6.45, 7) is 4.24. The lowest BCUT2D eigenvalue weighted by Gasteiger charge is -2.17. The zero-order chi connectivity index (χ0) is 19.0. The predicted molar refractivity (Wildman–Crippen MR) is 107 cm³/mol. The van der Waals surface area contributed by atoms with E-state index in [-0.39, 0.29) is 5.91 Å². The number of benzene rings is 2. The average Bonchev–Trinajstić information content (AvgIpc) is 3.33. The zero-order valence-corrected chi connectivity index (χ0v) is 16.1. The van der Waals surface area contributed by atoms with Gasteiger partial charge in [0.15, 0.2) is 5.76 Å². The first kappa shape index (κ1) is 17.8. The Balaban J connectivity index is 1.58. The fourth-order valence-corrected chi connectivity index (χ4v) is 3.46. The van der Waals surface area contributed by atoms with Crippen LogP contribution in [0.15, 0.2) is 59.1 Å². The molecule has 0 atom stereocenters. The summed E-state index contributed by atoms with van der Waals surface area (Å²) >= 11 is 5.94. The maximum Gasteiger partial charge on any atom is 0.236 e. The van der Waals surface area contributed by atoms with Crippen molar-refractivity contribution in [1.29, 1.82) is 0 Å². The van der Waals surface area contributed by atoms with Crippen molar-refractivity contribution >= 4 is 23.2 Å². The van der Waals surface area contributed by atoms with E-state index in [1.807, 2.05) is 48.5 Å². The van der Waals surface area contributed by atoms with Crippen molar-refractivity contribution in [3.05, 3.63) is 70.9 Å².